The van der Waals surface area contributed by atoms with Crippen molar-refractivity contribution in [2.24, 2.45) is 0 Å². The van der Waals surface area contributed by atoms with Crippen LogP contribution in [0.15, 0.2) is 29.2 Å². The number of benzene rings is 1. The Kier molecular flexibility index (Phi) is 4.39. The van der Waals surface area contributed by atoms with Crippen molar-refractivity contribution < 1.29 is 17.6 Å². The molecule has 1 amide bonds. The van der Waals surface area contributed by atoms with Crippen molar-refractivity contribution in [3.63, 3.8) is 0 Å². The van der Waals surface area contributed by atoms with Crippen molar-refractivity contribution >= 4 is 15.9 Å². The van der Waals surface area contributed by atoms with E-state index < -0.39 is 21.9 Å². The lowest BCUT2D eigenvalue weighted by Gasteiger charge is -2.16. The lowest BCUT2D eigenvalue weighted by atomic mass is 10.2. The zero-order chi connectivity index (χ0) is 14.8. The third-order valence-corrected chi connectivity index (χ3v) is 4.56. The molecule has 2 N–H and O–H groups in total. The first-order valence-corrected chi connectivity index (χ1v) is 7.99. The summed E-state index contributed by atoms with van der Waals surface area (Å²) in [6.07, 6.45) is 2.22. The second-order valence-corrected chi connectivity index (χ2v) is 6.53. The van der Waals surface area contributed by atoms with Gasteiger partial charge in [-0.3, -0.25) is 4.79 Å². The monoisotopic (exact) mass is 300 g/mol. The average molecular weight is 300 g/mol. The van der Waals surface area contributed by atoms with Crippen LogP contribution in [0.5, 0.6) is 0 Å². The van der Waals surface area contributed by atoms with Gasteiger partial charge in [0.2, 0.25) is 15.9 Å². The molecule has 1 unspecified atom stereocenters. The van der Waals surface area contributed by atoms with Gasteiger partial charge in [0, 0.05) is 6.04 Å². The standard InChI is InChI=1S/C13H17FN2O3S/c1-2-12(13(17)15-10-5-6-10)16-20(18,19)11-7-3-9(14)4-8-11/h3-4,7-8,10,12,16H,2,5-6H2,1H3,(H,15,17). The molecular weight excluding hydrogens is 283 g/mol. The van der Waals surface area contributed by atoms with E-state index in [1.807, 2.05) is 0 Å². The van der Waals surface area contributed by atoms with E-state index in [9.17, 15) is 17.6 Å². The number of hydrogen-bond donors (Lipinski definition) is 2. The minimum absolute atomic E-state index is 0.0587. The van der Waals surface area contributed by atoms with Gasteiger partial charge in [-0.2, -0.15) is 4.72 Å². The zero-order valence-corrected chi connectivity index (χ0v) is 11.9. The molecule has 1 aromatic carbocycles. The van der Waals surface area contributed by atoms with E-state index in [1.54, 1.807) is 6.92 Å². The smallest absolute Gasteiger partial charge is 0.241 e. The molecule has 0 aliphatic heterocycles. The van der Waals surface area contributed by atoms with Gasteiger partial charge in [-0.1, -0.05) is 6.92 Å². The van der Waals surface area contributed by atoms with Gasteiger partial charge in [-0.15, -0.1) is 0 Å². The van der Waals surface area contributed by atoms with Crippen LogP contribution in [0.1, 0.15) is 26.2 Å². The predicted molar refractivity (Wildman–Crippen MR) is 72.0 cm³/mol. The first-order chi connectivity index (χ1) is 9.42. The first-order valence-electron chi connectivity index (χ1n) is 6.50. The molecule has 2 rings (SSSR count). The maximum absolute atomic E-state index is 12.8. The van der Waals surface area contributed by atoms with Crippen LogP contribution in [0.3, 0.4) is 0 Å². The van der Waals surface area contributed by atoms with Crippen LogP contribution in [0.2, 0.25) is 0 Å². The van der Waals surface area contributed by atoms with Gasteiger partial charge in [0.15, 0.2) is 0 Å². The highest BCUT2D eigenvalue weighted by molar-refractivity contribution is 7.89. The molecule has 0 spiro atoms. The van der Waals surface area contributed by atoms with Gasteiger partial charge in [-0.05, 0) is 43.5 Å². The van der Waals surface area contributed by atoms with Gasteiger partial charge in [0.1, 0.15) is 11.9 Å². The van der Waals surface area contributed by atoms with Crippen LogP contribution >= 0.6 is 0 Å². The average Bonchev–Trinajstić information content (AvgIpc) is 3.20. The van der Waals surface area contributed by atoms with Gasteiger partial charge in [-0.25, -0.2) is 12.8 Å². The van der Waals surface area contributed by atoms with Crippen LogP contribution < -0.4 is 10.0 Å². The highest BCUT2D eigenvalue weighted by Crippen LogP contribution is 2.19. The number of rotatable bonds is 6. The van der Waals surface area contributed by atoms with Crippen molar-refractivity contribution in [2.45, 2.75) is 43.2 Å². The van der Waals surface area contributed by atoms with E-state index in [-0.39, 0.29) is 16.8 Å². The molecule has 0 radical (unpaired) electrons. The molecule has 7 heteroatoms. The summed E-state index contributed by atoms with van der Waals surface area (Å²) < 4.78 is 39.4. The summed E-state index contributed by atoms with van der Waals surface area (Å²) in [6, 6.07) is 3.84. The summed E-state index contributed by atoms with van der Waals surface area (Å²) in [5.74, 6) is -0.830. The number of halogens is 1. The third kappa shape index (κ3) is 3.77. The van der Waals surface area contributed by atoms with Gasteiger partial charge >= 0.3 is 0 Å². The van der Waals surface area contributed by atoms with Gasteiger partial charge in [0.05, 0.1) is 4.90 Å². The minimum Gasteiger partial charge on any atom is -0.352 e. The van der Waals surface area contributed by atoms with Gasteiger partial charge < -0.3 is 5.32 Å². The number of hydrogen-bond acceptors (Lipinski definition) is 3. The molecule has 1 aliphatic rings. The largest absolute Gasteiger partial charge is 0.352 e. The lowest BCUT2D eigenvalue weighted by molar-refractivity contribution is -0.122. The number of nitrogens with one attached hydrogen (secondary N) is 2. The van der Waals surface area contributed by atoms with E-state index in [1.165, 1.54) is 12.1 Å². The van der Waals surface area contributed by atoms with E-state index in [0.29, 0.717) is 6.42 Å². The topological polar surface area (TPSA) is 75.3 Å². The Hall–Kier alpha value is -1.47. The molecular formula is C13H17FN2O3S. The molecule has 1 aromatic rings. The fourth-order valence-corrected chi connectivity index (χ4v) is 3.00. The summed E-state index contributed by atoms with van der Waals surface area (Å²) in [6.45, 7) is 1.73. The predicted octanol–water partition coefficient (Wildman–Crippen LogP) is 1.16. The second-order valence-electron chi connectivity index (χ2n) is 4.82. The number of carbonyl (C=O) groups excluding carboxylic acids is 1. The van der Waals surface area contributed by atoms with E-state index in [0.717, 1.165) is 25.0 Å². The molecule has 110 valence electrons. The van der Waals surface area contributed by atoms with E-state index in [2.05, 4.69) is 10.0 Å². The van der Waals surface area contributed by atoms with E-state index in [4.69, 9.17) is 0 Å². The third-order valence-electron chi connectivity index (χ3n) is 3.07. The van der Waals surface area contributed by atoms with E-state index >= 15 is 0 Å². The molecule has 5 nitrogen and oxygen atoms in total. The van der Waals surface area contributed by atoms with Crippen molar-refractivity contribution in [1.29, 1.82) is 0 Å². The molecule has 0 aromatic heterocycles. The van der Waals surface area contributed by atoms with Crippen LogP contribution in [-0.2, 0) is 14.8 Å². The zero-order valence-electron chi connectivity index (χ0n) is 11.1. The maximum Gasteiger partial charge on any atom is 0.241 e. The number of carbonyl (C=O) groups is 1. The Morgan fingerprint density at radius 3 is 2.45 bits per heavy atom. The molecule has 0 bridgehead atoms. The molecule has 1 aliphatic carbocycles. The fourth-order valence-electron chi connectivity index (χ4n) is 1.72. The molecule has 1 atom stereocenters. The SMILES string of the molecule is CCC(NS(=O)(=O)c1ccc(F)cc1)C(=O)NC1CC1. The summed E-state index contributed by atoms with van der Waals surface area (Å²) in [5.41, 5.74) is 0. The Morgan fingerprint density at radius 2 is 1.95 bits per heavy atom. The highest BCUT2D eigenvalue weighted by Gasteiger charge is 2.29. The van der Waals surface area contributed by atoms with Crippen molar-refractivity contribution in [3.05, 3.63) is 30.1 Å². The van der Waals surface area contributed by atoms with Crippen molar-refractivity contribution in [1.82, 2.24) is 10.0 Å². The summed E-state index contributed by atoms with van der Waals surface area (Å²) >= 11 is 0. The summed E-state index contributed by atoms with van der Waals surface area (Å²) in [7, 11) is -3.83. The quantitative estimate of drug-likeness (QED) is 0.828. The van der Waals surface area contributed by atoms with Crippen LogP contribution in [0.4, 0.5) is 4.39 Å². The summed E-state index contributed by atoms with van der Waals surface area (Å²) in [5, 5.41) is 2.76. The Labute approximate surface area is 117 Å². The van der Waals surface area contributed by atoms with Gasteiger partial charge in [0.25, 0.3) is 0 Å². The number of amides is 1. The highest BCUT2D eigenvalue weighted by atomic mass is 32.2. The fraction of sp³-hybridized carbons (Fsp3) is 0.462. The Morgan fingerprint density at radius 1 is 1.35 bits per heavy atom. The molecule has 20 heavy (non-hydrogen) atoms. The minimum atomic E-state index is -3.83. The Bertz CT molecular complexity index is 582. The normalized spacial score (nSPS) is 16.7. The van der Waals surface area contributed by atoms with Crippen molar-refractivity contribution in [3.8, 4) is 0 Å². The van der Waals surface area contributed by atoms with Crippen molar-refractivity contribution in [2.75, 3.05) is 0 Å². The van der Waals surface area contributed by atoms with Crippen LogP contribution in [0.25, 0.3) is 0 Å². The number of sulfonamides is 1. The molecule has 0 heterocycles. The molecule has 1 fully saturated rings. The molecule has 0 saturated heterocycles. The van der Waals surface area contributed by atoms with Crippen LogP contribution in [0, 0.1) is 5.82 Å². The first kappa shape index (κ1) is 14.9. The maximum atomic E-state index is 12.8. The second kappa shape index (κ2) is 5.88. The lowest BCUT2D eigenvalue weighted by Crippen LogP contribution is -2.46. The van der Waals surface area contributed by atoms with Crippen LogP contribution in [-0.4, -0.2) is 26.4 Å². The Balaban J connectivity index is 2.08. The summed E-state index contributed by atoms with van der Waals surface area (Å²) in [4.78, 5) is 11.8. The molecule has 1 saturated carbocycles.